The van der Waals surface area contributed by atoms with Gasteiger partial charge in [-0.1, -0.05) is 12.1 Å². The van der Waals surface area contributed by atoms with Gasteiger partial charge in [-0.15, -0.1) is 0 Å². The average molecular weight is 368 g/mol. The molecule has 3 amide bonds. The Hall–Kier alpha value is -3.88. The highest BCUT2D eigenvalue weighted by Gasteiger charge is 2.19. The number of aromatic nitrogens is 1. The average Bonchev–Trinajstić information content (AvgIpc) is 3.21. The van der Waals surface area contributed by atoms with Gasteiger partial charge in [0.25, 0.3) is 17.7 Å². The van der Waals surface area contributed by atoms with Crippen LogP contribution in [0, 0.1) is 13.8 Å². The number of nitrogens with one attached hydrogen (secondary N) is 2. The van der Waals surface area contributed by atoms with Gasteiger partial charge < -0.3 is 19.9 Å². The summed E-state index contributed by atoms with van der Waals surface area (Å²) in [6.45, 7) is 3.38. The van der Waals surface area contributed by atoms with Crippen LogP contribution in [0.4, 0.5) is 11.7 Å². The largest absolute Gasteiger partial charge is 0.466 e. The molecule has 0 saturated heterocycles. The molecule has 0 atom stereocenters. The molecule has 3 rings (SSSR count). The molecule has 1 aromatic carbocycles. The lowest BCUT2D eigenvalue weighted by molar-refractivity contribution is 0.0997. The number of nitrogens with two attached hydrogens (primary N) is 1. The van der Waals surface area contributed by atoms with E-state index < -0.39 is 17.7 Å². The van der Waals surface area contributed by atoms with E-state index in [1.54, 1.807) is 32.0 Å². The van der Waals surface area contributed by atoms with Crippen LogP contribution in [0.25, 0.3) is 0 Å². The SMILES string of the molecule is Cc1cc(C(=O)Nc2nc(C(=O)Nc3ccccc3C(N)=O)co2)c(C)o1. The number of rotatable bonds is 5. The van der Waals surface area contributed by atoms with Gasteiger partial charge in [0.1, 0.15) is 17.8 Å². The lowest BCUT2D eigenvalue weighted by atomic mass is 10.1. The number of primary amides is 1. The molecule has 0 saturated carbocycles. The number of hydrogen-bond donors (Lipinski definition) is 3. The second-order valence-electron chi connectivity index (χ2n) is 5.68. The van der Waals surface area contributed by atoms with Gasteiger partial charge in [0.15, 0.2) is 5.69 Å². The lowest BCUT2D eigenvalue weighted by Gasteiger charge is -2.06. The fourth-order valence-corrected chi connectivity index (χ4v) is 2.45. The van der Waals surface area contributed by atoms with Crippen LogP contribution in [0.2, 0.25) is 0 Å². The summed E-state index contributed by atoms with van der Waals surface area (Å²) in [6, 6.07) is 7.73. The van der Waals surface area contributed by atoms with Crippen LogP contribution < -0.4 is 16.4 Å². The Morgan fingerprint density at radius 2 is 1.78 bits per heavy atom. The summed E-state index contributed by atoms with van der Waals surface area (Å²) >= 11 is 0. The summed E-state index contributed by atoms with van der Waals surface area (Å²) < 4.78 is 10.4. The maximum atomic E-state index is 12.3. The number of aryl methyl sites for hydroxylation is 2. The minimum absolute atomic E-state index is 0.0790. The third-order valence-electron chi connectivity index (χ3n) is 3.68. The van der Waals surface area contributed by atoms with Crippen LogP contribution >= 0.6 is 0 Å². The summed E-state index contributed by atoms with van der Waals surface area (Å²) in [5, 5.41) is 4.98. The van der Waals surface area contributed by atoms with Crippen LogP contribution in [0.1, 0.15) is 42.7 Å². The van der Waals surface area contributed by atoms with Crippen molar-refractivity contribution in [1.29, 1.82) is 0 Å². The zero-order valence-electron chi connectivity index (χ0n) is 14.5. The first-order valence-corrected chi connectivity index (χ1v) is 7.89. The zero-order chi connectivity index (χ0) is 19.6. The van der Waals surface area contributed by atoms with E-state index in [2.05, 4.69) is 15.6 Å². The third-order valence-corrected chi connectivity index (χ3v) is 3.68. The number of benzene rings is 1. The molecule has 0 radical (unpaired) electrons. The monoisotopic (exact) mass is 368 g/mol. The third kappa shape index (κ3) is 3.87. The van der Waals surface area contributed by atoms with Gasteiger partial charge in [0.05, 0.1) is 16.8 Å². The quantitative estimate of drug-likeness (QED) is 0.632. The fourth-order valence-electron chi connectivity index (χ4n) is 2.45. The van der Waals surface area contributed by atoms with Crippen molar-refractivity contribution in [3.8, 4) is 0 Å². The summed E-state index contributed by atoms with van der Waals surface area (Å²) in [4.78, 5) is 39.9. The smallest absolute Gasteiger partial charge is 0.302 e. The van der Waals surface area contributed by atoms with E-state index in [0.29, 0.717) is 17.1 Å². The second-order valence-corrected chi connectivity index (χ2v) is 5.68. The fraction of sp³-hybridized carbons (Fsp3) is 0.111. The van der Waals surface area contributed by atoms with E-state index in [4.69, 9.17) is 14.6 Å². The topological polar surface area (TPSA) is 140 Å². The molecule has 0 aliphatic heterocycles. The first-order chi connectivity index (χ1) is 12.8. The number of para-hydroxylation sites is 1. The van der Waals surface area contributed by atoms with Gasteiger partial charge in [-0.2, -0.15) is 4.98 Å². The number of anilines is 2. The Labute approximate surface area is 153 Å². The molecule has 0 aliphatic rings. The normalized spacial score (nSPS) is 10.4. The van der Waals surface area contributed by atoms with Gasteiger partial charge in [-0.25, -0.2) is 0 Å². The Bertz CT molecular complexity index is 1030. The van der Waals surface area contributed by atoms with Gasteiger partial charge >= 0.3 is 6.01 Å². The van der Waals surface area contributed by atoms with Crippen LogP contribution in [0.5, 0.6) is 0 Å². The zero-order valence-corrected chi connectivity index (χ0v) is 14.5. The Morgan fingerprint density at radius 1 is 1.04 bits per heavy atom. The highest BCUT2D eigenvalue weighted by molar-refractivity contribution is 6.08. The van der Waals surface area contributed by atoms with Crippen molar-refractivity contribution in [1.82, 2.24) is 4.98 Å². The summed E-state index contributed by atoms with van der Waals surface area (Å²) in [6.07, 6.45) is 1.09. The van der Waals surface area contributed by atoms with E-state index in [0.717, 1.165) is 6.26 Å². The van der Waals surface area contributed by atoms with Crippen molar-refractivity contribution >= 4 is 29.4 Å². The predicted molar refractivity (Wildman–Crippen MR) is 95.6 cm³/mol. The molecule has 4 N–H and O–H groups in total. The van der Waals surface area contributed by atoms with E-state index in [-0.39, 0.29) is 23.0 Å². The van der Waals surface area contributed by atoms with E-state index in [9.17, 15) is 14.4 Å². The maximum Gasteiger partial charge on any atom is 0.302 e. The van der Waals surface area contributed by atoms with Gasteiger partial charge in [-0.3, -0.25) is 19.7 Å². The first-order valence-electron chi connectivity index (χ1n) is 7.89. The predicted octanol–water partition coefficient (Wildman–Crippen LogP) is 2.49. The molecule has 0 unspecified atom stereocenters. The molecule has 2 heterocycles. The summed E-state index contributed by atoms with van der Waals surface area (Å²) in [7, 11) is 0. The van der Waals surface area contributed by atoms with Crippen molar-refractivity contribution in [2.24, 2.45) is 5.73 Å². The molecule has 27 heavy (non-hydrogen) atoms. The summed E-state index contributed by atoms with van der Waals surface area (Å²) in [5.74, 6) is -0.721. The number of hydrogen-bond acceptors (Lipinski definition) is 6. The van der Waals surface area contributed by atoms with Crippen molar-refractivity contribution in [3.63, 3.8) is 0 Å². The number of furan rings is 1. The van der Waals surface area contributed by atoms with E-state index in [1.165, 1.54) is 12.1 Å². The van der Waals surface area contributed by atoms with Crippen molar-refractivity contribution < 1.29 is 23.2 Å². The highest BCUT2D eigenvalue weighted by atomic mass is 16.4. The molecular formula is C18H16N4O5. The van der Waals surface area contributed by atoms with Crippen LogP contribution in [0.15, 0.2) is 45.4 Å². The lowest BCUT2D eigenvalue weighted by Crippen LogP contribution is -2.18. The minimum atomic E-state index is -0.676. The molecule has 0 bridgehead atoms. The van der Waals surface area contributed by atoms with Crippen LogP contribution in [0.3, 0.4) is 0 Å². The minimum Gasteiger partial charge on any atom is -0.466 e. The number of carbonyl (C=O) groups excluding carboxylic acids is 3. The van der Waals surface area contributed by atoms with Gasteiger partial charge in [0, 0.05) is 0 Å². The first kappa shape index (κ1) is 17.9. The Balaban J connectivity index is 1.72. The number of carbonyl (C=O) groups is 3. The maximum absolute atomic E-state index is 12.3. The number of amides is 3. The van der Waals surface area contributed by atoms with E-state index >= 15 is 0 Å². The number of nitrogens with zero attached hydrogens (tertiary/aromatic N) is 1. The van der Waals surface area contributed by atoms with Crippen LogP contribution in [-0.4, -0.2) is 22.7 Å². The number of oxazole rings is 1. The molecular weight excluding hydrogens is 352 g/mol. The molecule has 0 spiro atoms. The molecule has 0 fully saturated rings. The highest BCUT2D eigenvalue weighted by Crippen LogP contribution is 2.18. The van der Waals surface area contributed by atoms with Crippen LogP contribution in [-0.2, 0) is 0 Å². The van der Waals surface area contributed by atoms with Gasteiger partial charge in [-0.05, 0) is 32.0 Å². The van der Waals surface area contributed by atoms with Crippen molar-refractivity contribution in [3.05, 3.63) is 64.9 Å². The second kappa shape index (κ2) is 7.16. The van der Waals surface area contributed by atoms with Crippen molar-refractivity contribution in [2.75, 3.05) is 10.6 Å². The Kier molecular flexibility index (Phi) is 4.75. The van der Waals surface area contributed by atoms with Gasteiger partial charge in [0.2, 0.25) is 0 Å². The molecule has 3 aromatic rings. The standard InChI is InChI=1S/C18H16N4O5/c1-9-7-12(10(2)27-9)16(24)22-18-21-14(8-26-18)17(25)20-13-6-4-3-5-11(13)15(19)23/h3-8H,1-2H3,(H2,19,23)(H,20,25)(H,21,22,24). The molecule has 9 heteroatoms. The molecule has 138 valence electrons. The molecule has 0 aliphatic carbocycles. The van der Waals surface area contributed by atoms with E-state index in [1.807, 2.05) is 0 Å². The Morgan fingerprint density at radius 3 is 2.44 bits per heavy atom. The molecule has 9 nitrogen and oxygen atoms in total. The molecule has 2 aromatic heterocycles. The van der Waals surface area contributed by atoms with Crippen molar-refractivity contribution in [2.45, 2.75) is 13.8 Å². The summed E-state index contributed by atoms with van der Waals surface area (Å²) in [5.41, 5.74) is 5.94.